The number of benzene rings is 1. The maximum atomic E-state index is 12.4. The zero-order valence-corrected chi connectivity index (χ0v) is 16.0. The van der Waals surface area contributed by atoms with E-state index in [0.717, 1.165) is 18.8 Å². The smallest absolute Gasteiger partial charge is 0.233 e. The Morgan fingerprint density at radius 2 is 1.59 bits per heavy atom. The lowest BCUT2D eigenvalue weighted by atomic mass is 9.85. The number of carbonyl (C=O) groups is 3. The van der Waals surface area contributed by atoms with Gasteiger partial charge in [-0.1, -0.05) is 12.2 Å². The number of imide groups is 1. The molecule has 1 N–H and O–H groups in total. The Labute approximate surface area is 160 Å². The summed E-state index contributed by atoms with van der Waals surface area (Å²) in [4.78, 5) is 40.6. The average Bonchev–Trinajstić information content (AvgIpc) is 2.93. The van der Waals surface area contributed by atoms with E-state index in [2.05, 4.69) is 24.1 Å². The first-order chi connectivity index (χ1) is 13.0. The second-order valence-electron chi connectivity index (χ2n) is 7.00. The monoisotopic (exact) mass is 369 g/mol. The fourth-order valence-corrected chi connectivity index (χ4v) is 3.87. The number of anilines is 2. The molecule has 3 amide bonds. The number of rotatable bonds is 7. The summed E-state index contributed by atoms with van der Waals surface area (Å²) in [5.41, 5.74) is 1.83. The van der Waals surface area contributed by atoms with E-state index in [4.69, 9.17) is 0 Å². The molecule has 1 fully saturated rings. The Morgan fingerprint density at radius 3 is 2.11 bits per heavy atom. The van der Waals surface area contributed by atoms with Crippen molar-refractivity contribution in [3.8, 4) is 0 Å². The predicted molar refractivity (Wildman–Crippen MR) is 105 cm³/mol. The number of allylic oxidation sites excluding steroid dienone is 2. The maximum Gasteiger partial charge on any atom is 0.233 e. The van der Waals surface area contributed by atoms with Gasteiger partial charge in [0.25, 0.3) is 0 Å². The molecule has 1 saturated heterocycles. The van der Waals surface area contributed by atoms with E-state index >= 15 is 0 Å². The third-order valence-corrected chi connectivity index (χ3v) is 5.44. The second-order valence-corrected chi connectivity index (χ2v) is 7.00. The highest BCUT2D eigenvalue weighted by Crippen LogP contribution is 2.35. The molecule has 27 heavy (non-hydrogen) atoms. The van der Waals surface area contributed by atoms with E-state index in [1.807, 2.05) is 36.4 Å². The lowest BCUT2D eigenvalue weighted by Gasteiger charge is -2.21. The molecule has 0 bridgehead atoms. The molecule has 6 heteroatoms. The van der Waals surface area contributed by atoms with Crippen LogP contribution in [0.2, 0.25) is 0 Å². The van der Waals surface area contributed by atoms with E-state index in [1.165, 1.54) is 4.90 Å². The van der Waals surface area contributed by atoms with Gasteiger partial charge in [-0.25, -0.2) is 0 Å². The van der Waals surface area contributed by atoms with Gasteiger partial charge in [0, 0.05) is 37.4 Å². The van der Waals surface area contributed by atoms with Crippen LogP contribution in [0.3, 0.4) is 0 Å². The van der Waals surface area contributed by atoms with E-state index in [1.54, 1.807) is 0 Å². The fraction of sp³-hybridized carbons (Fsp3) is 0.476. The molecule has 6 nitrogen and oxygen atoms in total. The molecular formula is C21H27N3O3. The van der Waals surface area contributed by atoms with Crippen LogP contribution < -0.4 is 10.2 Å². The lowest BCUT2D eigenvalue weighted by Crippen LogP contribution is -2.34. The van der Waals surface area contributed by atoms with Crippen molar-refractivity contribution in [2.24, 2.45) is 11.8 Å². The van der Waals surface area contributed by atoms with Crippen LogP contribution in [0.5, 0.6) is 0 Å². The van der Waals surface area contributed by atoms with Crippen LogP contribution in [0.25, 0.3) is 0 Å². The molecule has 2 atom stereocenters. The van der Waals surface area contributed by atoms with Crippen LogP contribution in [0.1, 0.15) is 33.1 Å². The van der Waals surface area contributed by atoms with Crippen molar-refractivity contribution in [1.82, 2.24) is 4.90 Å². The third-order valence-electron chi connectivity index (χ3n) is 5.44. The Morgan fingerprint density at radius 1 is 1.04 bits per heavy atom. The van der Waals surface area contributed by atoms with Crippen LogP contribution in [-0.4, -0.2) is 42.3 Å². The second kappa shape index (κ2) is 8.37. The van der Waals surface area contributed by atoms with Gasteiger partial charge in [0.2, 0.25) is 17.7 Å². The molecule has 1 heterocycles. The summed E-state index contributed by atoms with van der Waals surface area (Å²) < 4.78 is 0. The quantitative estimate of drug-likeness (QED) is 0.593. The van der Waals surface area contributed by atoms with Crippen molar-refractivity contribution in [3.05, 3.63) is 36.4 Å². The highest BCUT2D eigenvalue weighted by molar-refractivity contribution is 6.05. The highest BCUT2D eigenvalue weighted by atomic mass is 16.2. The van der Waals surface area contributed by atoms with Crippen LogP contribution in [0.4, 0.5) is 11.4 Å². The van der Waals surface area contributed by atoms with E-state index in [0.29, 0.717) is 18.5 Å². The molecule has 1 aliphatic carbocycles. The van der Waals surface area contributed by atoms with Gasteiger partial charge in [0.1, 0.15) is 0 Å². The topological polar surface area (TPSA) is 69.7 Å². The number of carbonyl (C=O) groups excluding carboxylic acids is 3. The molecule has 0 unspecified atom stereocenters. The normalized spacial score (nSPS) is 21.3. The zero-order chi connectivity index (χ0) is 19.4. The Kier molecular flexibility index (Phi) is 5.94. The van der Waals surface area contributed by atoms with Crippen LogP contribution in [0.15, 0.2) is 36.4 Å². The number of amides is 3. The molecule has 0 spiro atoms. The Balaban J connectivity index is 1.53. The Hall–Kier alpha value is -2.63. The van der Waals surface area contributed by atoms with E-state index in [-0.39, 0.29) is 42.5 Å². The molecule has 1 aliphatic heterocycles. The van der Waals surface area contributed by atoms with Crippen molar-refractivity contribution < 1.29 is 14.4 Å². The molecule has 1 aromatic rings. The minimum absolute atomic E-state index is 0.113. The van der Waals surface area contributed by atoms with Crippen LogP contribution in [0, 0.1) is 11.8 Å². The molecule has 1 aromatic carbocycles. The summed E-state index contributed by atoms with van der Waals surface area (Å²) in [7, 11) is 0. The van der Waals surface area contributed by atoms with Gasteiger partial charge in [-0.05, 0) is 51.0 Å². The van der Waals surface area contributed by atoms with Gasteiger partial charge in [-0.3, -0.25) is 19.3 Å². The third kappa shape index (κ3) is 4.04. The van der Waals surface area contributed by atoms with Crippen molar-refractivity contribution in [2.45, 2.75) is 33.1 Å². The number of hydrogen-bond acceptors (Lipinski definition) is 4. The first-order valence-corrected chi connectivity index (χ1v) is 9.70. The number of hydrogen-bond donors (Lipinski definition) is 1. The largest absolute Gasteiger partial charge is 0.372 e. The molecule has 0 radical (unpaired) electrons. The van der Waals surface area contributed by atoms with Crippen molar-refractivity contribution >= 4 is 29.1 Å². The van der Waals surface area contributed by atoms with E-state index in [9.17, 15) is 14.4 Å². The number of fused-ring (bicyclic) bond motifs is 1. The lowest BCUT2D eigenvalue weighted by molar-refractivity contribution is -0.140. The molecule has 2 aliphatic rings. The molecule has 0 aromatic heterocycles. The van der Waals surface area contributed by atoms with Gasteiger partial charge in [-0.15, -0.1) is 0 Å². The average molecular weight is 369 g/mol. The highest BCUT2D eigenvalue weighted by Gasteiger charge is 2.46. The summed E-state index contributed by atoms with van der Waals surface area (Å²) in [6.45, 7) is 6.21. The van der Waals surface area contributed by atoms with Gasteiger partial charge in [-0.2, -0.15) is 0 Å². The van der Waals surface area contributed by atoms with Gasteiger partial charge < -0.3 is 10.2 Å². The SMILES string of the molecule is CCN(CC)c1ccc(NC(=O)CCN2C(=O)[C@H]3CC=CC[C@H]3C2=O)cc1. The number of likely N-dealkylation sites (tertiary alicyclic amines) is 1. The molecular weight excluding hydrogens is 342 g/mol. The maximum absolute atomic E-state index is 12.4. The van der Waals surface area contributed by atoms with Gasteiger partial charge >= 0.3 is 0 Å². The summed E-state index contributed by atoms with van der Waals surface area (Å²) in [6.07, 6.45) is 5.28. The number of nitrogens with zero attached hydrogens (tertiary/aromatic N) is 2. The van der Waals surface area contributed by atoms with Crippen molar-refractivity contribution in [1.29, 1.82) is 0 Å². The summed E-state index contributed by atoms with van der Waals surface area (Å²) in [5, 5.41) is 2.84. The number of nitrogens with one attached hydrogen (secondary N) is 1. The van der Waals surface area contributed by atoms with Crippen molar-refractivity contribution in [2.75, 3.05) is 29.9 Å². The minimum Gasteiger partial charge on any atom is -0.372 e. The summed E-state index contributed by atoms with van der Waals surface area (Å²) >= 11 is 0. The summed E-state index contributed by atoms with van der Waals surface area (Å²) in [6, 6.07) is 7.71. The zero-order valence-electron chi connectivity index (χ0n) is 16.0. The standard InChI is InChI=1S/C21H27N3O3/c1-3-23(4-2)16-11-9-15(10-12-16)22-19(25)13-14-24-20(26)17-7-5-6-8-18(17)21(24)27/h5-6,9-12,17-18H,3-4,7-8,13-14H2,1-2H3,(H,22,25)/t17-,18+. The summed E-state index contributed by atoms with van der Waals surface area (Å²) in [5.74, 6) is -0.938. The molecule has 0 saturated carbocycles. The molecule has 144 valence electrons. The van der Waals surface area contributed by atoms with Crippen LogP contribution >= 0.6 is 0 Å². The predicted octanol–water partition coefficient (Wildman–Crippen LogP) is 2.81. The minimum atomic E-state index is -0.238. The van der Waals surface area contributed by atoms with Crippen molar-refractivity contribution in [3.63, 3.8) is 0 Å². The van der Waals surface area contributed by atoms with Gasteiger partial charge in [0.15, 0.2) is 0 Å². The first kappa shape index (κ1) is 19.1. The van der Waals surface area contributed by atoms with Gasteiger partial charge in [0.05, 0.1) is 11.8 Å². The fourth-order valence-electron chi connectivity index (χ4n) is 3.87. The van der Waals surface area contributed by atoms with E-state index < -0.39 is 0 Å². The Bertz CT molecular complexity index is 712. The van der Waals surface area contributed by atoms with Crippen LogP contribution in [-0.2, 0) is 14.4 Å². The first-order valence-electron chi connectivity index (χ1n) is 9.70. The molecule has 3 rings (SSSR count).